The molecule has 6 heteroatoms. The van der Waals surface area contributed by atoms with Gasteiger partial charge in [-0.25, -0.2) is 8.42 Å². The van der Waals surface area contributed by atoms with E-state index >= 15 is 0 Å². The lowest BCUT2D eigenvalue weighted by molar-refractivity contribution is -0.607. The Hall–Kier alpha value is -3.12. The molecule has 0 saturated carbocycles. The highest BCUT2D eigenvalue weighted by Crippen LogP contribution is 2.39. The van der Waals surface area contributed by atoms with Gasteiger partial charge < -0.3 is 9.94 Å². The van der Waals surface area contributed by atoms with Crippen molar-refractivity contribution >= 4 is 15.4 Å². The molecule has 4 rings (SSSR count). The molecule has 0 N–H and O–H groups in total. The summed E-state index contributed by atoms with van der Waals surface area (Å²) >= 11 is 0. The number of hydrogen-bond acceptors (Lipinski definition) is 4. The third-order valence-electron chi connectivity index (χ3n) is 4.84. The number of benzene rings is 2. The van der Waals surface area contributed by atoms with Gasteiger partial charge in [-0.1, -0.05) is 38.1 Å². The van der Waals surface area contributed by atoms with E-state index in [9.17, 15) is 13.6 Å². The molecule has 3 aromatic rings. The molecule has 2 aromatic carbocycles. The normalized spacial score (nSPS) is 15.6. The van der Waals surface area contributed by atoms with E-state index in [-0.39, 0.29) is 15.2 Å². The van der Waals surface area contributed by atoms with Crippen LogP contribution in [0.5, 0.6) is 5.75 Å². The second-order valence-corrected chi connectivity index (χ2v) is 9.67. The molecular formula is C23H21NO4S. The molecule has 0 spiro atoms. The maximum atomic E-state index is 13.1. The summed E-state index contributed by atoms with van der Waals surface area (Å²) in [5.74, 6) is 0.553. The minimum atomic E-state index is -3.70. The molecule has 5 nitrogen and oxygen atoms in total. The predicted octanol–water partition coefficient (Wildman–Crippen LogP) is 4.00. The van der Waals surface area contributed by atoms with Crippen molar-refractivity contribution in [2.24, 2.45) is 5.41 Å². The third kappa shape index (κ3) is 3.63. The molecule has 0 fully saturated rings. The van der Waals surface area contributed by atoms with E-state index in [1.54, 1.807) is 66.7 Å². The number of sulfone groups is 1. The van der Waals surface area contributed by atoms with Gasteiger partial charge in [0.1, 0.15) is 5.75 Å². The van der Waals surface area contributed by atoms with E-state index in [1.807, 2.05) is 19.9 Å². The largest absolute Gasteiger partial charge is 0.618 e. The average molecular weight is 407 g/mol. The van der Waals surface area contributed by atoms with E-state index in [0.29, 0.717) is 29.2 Å². The quantitative estimate of drug-likeness (QED) is 0.486. The summed E-state index contributed by atoms with van der Waals surface area (Å²) in [7, 11) is -3.70. The van der Waals surface area contributed by atoms with Crippen molar-refractivity contribution in [2.45, 2.75) is 23.6 Å². The lowest BCUT2D eigenvalue weighted by Crippen LogP contribution is -2.30. The molecule has 1 aliphatic rings. The number of nitrogens with zero attached hydrogens (tertiary/aromatic N) is 1. The second-order valence-electron chi connectivity index (χ2n) is 7.72. The Morgan fingerprint density at radius 1 is 0.966 bits per heavy atom. The van der Waals surface area contributed by atoms with Crippen LogP contribution in [0.25, 0.3) is 5.57 Å². The molecule has 0 saturated heterocycles. The van der Waals surface area contributed by atoms with Gasteiger partial charge >= 0.3 is 0 Å². The summed E-state index contributed by atoms with van der Waals surface area (Å²) in [4.78, 5) is 0.379. The van der Waals surface area contributed by atoms with Crippen LogP contribution in [0.4, 0.5) is 0 Å². The molecule has 2 heterocycles. The second kappa shape index (κ2) is 7.04. The van der Waals surface area contributed by atoms with Crippen molar-refractivity contribution in [2.75, 3.05) is 6.61 Å². The SMILES string of the molecule is CC1(C)C=C(c2cccc[n+]2[O-])c2cc(S(=O)(=O)c3ccccc3)ccc2OC1. The fourth-order valence-electron chi connectivity index (χ4n) is 3.37. The minimum Gasteiger partial charge on any atom is -0.618 e. The van der Waals surface area contributed by atoms with E-state index in [1.165, 1.54) is 6.20 Å². The van der Waals surface area contributed by atoms with Crippen molar-refractivity contribution in [3.05, 3.63) is 95.5 Å². The van der Waals surface area contributed by atoms with E-state index in [0.717, 1.165) is 4.73 Å². The number of pyridine rings is 1. The standard InChI is InChI=1S/C23H21NO4S/c1-23(2)15-20(21-10-6-7-13-24(21)25)19-14-18(11-12-22(19)28-16-23)29(26,27)17-8-4-3-5-9-17/h3-15H,16H2,1-2H3. The number of ether oxygens (including phenoxy) is 1. The molecule has 0 aliphatic carbocycles. The first kappa shape index (κ1) is 19.2. The maximum absolute atomic E-state index is 13.1. The van der Waals surface area contributed by atoms with Crippen molar-refractivity contribution in [1.29, 1.82) is 0 Å². The van der Waals surface area contributed by atoms with Crippen LogP contribution in [0, 0.1) is 10.6 Å². The van der Waals surface area contributed by atoms with Gasteiger partial charge in [0.15, 0.2) is 6.20 Å². The lowest BCUT2D eigenvalue weighted by atomic mass is 9.89. The summed E-state index contributed by atoms with van der Waals surface area (Å²) in [6.45, 7) is 4.44. The van der Waals surface area contributed by atoms with Crippen LogP contribution in [-0.2, 0) is 9.84 Å². The predicted molar refractivity (Wildman–Crippen MR) is 110 cm³/mol. The summed E-state index contributed by atoms with van der Waals surface area (Å²) in [6.07, 6.45) is 3.40. The molecule has 0 bridgehead atoms. The Labute approximate surface area is 170 Å². The molecule has 0 radical (unpaired) electrons. The van der Waals surface area contributed by atoms with Crippen LogP contribution in [0.1, 0.15) is 25.1 Å². The first-order valence-corrected chi connectivity index (χ1v) is 10.8. The Kier molecular flexibility index (Phi) is 4.67. The summed E-state index contributed by atoms with van der Waals surface area (Å²) in [5, 5.41) is 12.5. The van der Waals surface area contributed by atoms with Crippen LogP contribution < -0.4 is 9.47 Å². The topological polar surface area (TPSA) is 70.3 Å². The monoisotopic (exact) mass is 407 g/mol. The van der Waals surface area contributed by atoms with Crippen LogP contribution in [0.15, 0.2) is 88.8 Å². The summed E-state index contributed by atoms with van der Waals surface area (Å²) < 4.78 is 33.0. The van der Waals surface area contributed by atoms with Gasteiger partial charge in [0.25, 0.3) is 0 Å². The first-order chi connectivity index (χ1) is 13.8. The lowest BCUT2D eigenvalue weighted by Gasteiger charge is -2.18. The van der Waals surface area contributed by atoms with Crippen molar-refractivity contribution < 1.29 is 17.9 Å². The molecule has 0 atom stereocenters. The number of fused-ring (bicyclic) bond motifs is 1. The van der Waals surface area contributed by atoms with Crippen LogP contribution >= 0.6 is 0 Å². The van der Waals surface area contributed by atoms with Gasteiger partial charge in [-0.3, -0.25) is 0 Å². The molecular weight excluding hydrogens is 386 g/mol. The molecule has 0 unspecified atom stereocenters. The van der Waals surface area contributed by atoms with Gasteiger partial charge in [-0.05, 0) is 36.4 Å². The molecule has 1 aliphatic heterocycles. The zero-order valence-corrected chi connectivity index (χ0v) is 17.0. The van der Waals surface area contributed by atoms with Crippen LogP contribution in [0.2, 0.25) is 0 Å². The Balaban J connectivity index is 1.94. The van der Waals surface area contributed by atoms with Crippen LogP contribution in [0.3, 0.4) is 0 Å². The van der Waals surface area contributed by atoms with E-state index in [2.05, 4.69) is 0 Å². The summed E-state index contributed by atoms with van der Waals surface area (Å²) in [5.41, 5.74) is 1.35. The fraction of sp³-hybridized carbons (Fsp3) is 0.174. The van der Waals surface area contributed by atoms with E-state index in [4.69, 9.17) is 4.74 Å². The zero-order valence-electron chi connectivity index (χ0n) is 16.2. The molecule has 0 amide bonds. The fourth-order valence-corrected chi connectivity index (χ4v) is 4.68. The van der Waals surface area contributed by atoms with Crippen molar-refractivity contribution in [1.82, 2.24) is 0 Å². The number of aromatic nitrogens is 1. The highest BCUT2D eigenvalue weighted by molar-refractivity contribution is 7.91. The van der Waals surface area contributed by atoms with Gasteiger partial charge in [-0.2, -0.15) is 4.73 Å². The highest BCUT2D eigenvalue weighted by atomic mass is 32.2. The smallest absolute Gasteiger partial charge is 0.224 e. The zero-order chi connectivity index (χ0) is 20.6. The van der Waals surface area contributed by atoms with Gasteiger partial charge in [0.05, 0.1) is 22.0 Å². The molecule has 1 aromatic heterocycles. The number of hydrogen-bond donors (Lipinski definition) is 0. The van der Waals surface area contributed by atoms with E-state index < -0.39 is 9.84 Å². The van der Waals surface area contributed by atoms with Crippen molar-refractivity contribution in [3.8, 4) is 5.75 Å². The van der Waals surface area contributed by atoms with Gasteiger partial charge in [-0.15, -0.1) is 0 Å². The Bertz CT molecular complexity index is 1200. The van der Waals surface area contributed by atoms with Crippen molar-refractivity contribution in [3.63, 3.8) is 0 Å². The molecule has 148 valence electrons. The van der Waals surface area contributed by atoms with Crippen LogP contribution in [-0.4, -0.2) is 15.0 Å². The average Bonchev–Trinajstić information content (AvgIpc) is 2.85. The number of rotatable bonds is 3. The minimum absolute atomic E-state index is 0.157. The first-order valence-electron chi connectivity index (χ1n) is 9.27. The summed E-state index contributed by atoms with van der Waals surface area (Å²) in [6, 6.07) is 18.3. The van der Waals surface area contributed by atoms with Gasteiger partial charge in [0.2, 0.25) is 15.5 Å². The highest BCUT2D eigenvalue weighted by Gasteiger charge is 2.29. The molecule has 29 heavy (non-hydrogen) atoms. The van der Waals surface area contributed by atoms with Gasteiger partial charge in [0, 0.05) is 23.1 Å². The Morgan fingerprint density at radius 3 is 2.41 bits per heavy atom. The maximum Gasteiger partial charge on any atom is 0.224 e. The Morgan fingerprint density at radius 2 is 1.69 bits per heavy atom. The third-order valence-corrected chi connectivity index (χ3v) is 6.61.